The van der Waals surface area contributed by atoms with Crippen molar-refractivity contribution < 1.29 is 0 Å². The van der Waals surface area contributed by atoms with Gasteiger partial charge in [0.25, 0.3) is 0 Å². The van der Waals surface area contributed by atoms with E-state index in [2.05, 4.69) is 91.0 Å². The second kappa shape index (κ2) is 6.13. The molecular weight excluding hydrogens is 424 g/mol. The molecule has 1 heteroatoms. The summed E-state index contributed by atoms with van der Waals surface area (Å²) in [6, 6.07) is 33.0. The van der Waals surface area contributed by atoms with Crippen LogP contribution in [0, 0.1) is 0 Å². The molecule has 0 aromatic heterocycles. The van der Waals surface area contributed by atoms with Crippen LogP contribution in [0.2, 0.25) is 0 Å². The van der Waals surface area contributed by atoms with E-state index in [0.29, 0.717) is 0 Å². The van der Waals surface area contributed by atoms with Crippen LogP contribution in [0.25, 0.3) is 0 Å². The standard InChI is InChI=1S/3C6H5.Bi/c3*1-2-4-6-5-3-1;/h3*1-5H;/i;;;1-1. The Bertz CT molecular complexity index is 524. The van der Waals surface area contributed by atoms with Gasteiger partial charge in [-0.2, -0.15) is 0 Å². The summed E-state index contributed by atoms with van der Waals surface area (Å²) < 4.78 is 4.61. The van der Waals surface area contributed by atoms with Gasteiger partial charge in [-0.15, -0.1) is 0 Å². The third kappa shape index (κ3) is 2.93. The fraction of sp³-hybridized carbons (Fsp3) is 0. The van der Waals surface area contributed by atoms with Crippen LogP contribution in [0.3, 0.4) is 0 Å². The van der Waals surface area contributed by atoms with Crippen molar-refractivity contribution in [2.75, 3.05) is 0 Å². The Kier molecular flexibility index (Phi) is 4.05. The molecule has 0 aliphatic rings. The van der Waals surface area contributed by atoms with Gasteiger partial charge in [-0.05, 0) is 0 Å². The first-order valence-corrected chi connectivity index (χ1v) is 11.6. The molecule has 0 aliphatic carbocycles. The zero-order valence-electron chi connectivity index (χ0n) is 10.6. The summed E-state index contributed by atoms with van der Waals surface area (Å²) in [5, 5.41) is 0. The maximum absolute atomic E-state index is 2.29. The van der Waals surface area contributed by atoms with Gasteiger partial charge in [0.15, 0.2) is 0 Å². The Labute approximate surface area is 122 Å². The summed E-state index contributed by atoms with van der Waals surface area (Å²) in [5.74, 6) is 0. The summed E-state index contributed by atoms with van der Waals surface area (Å²) in [6.07, 6.45) is 0. The van der Waals surface area contributed by atoms with Crippen LogP contribution in [-0.4, -0.2) is 21.8 Å². The molecule has 19 heavy (non-hydrogen) atoms. The fourth-order valence-corrected chi connectivity index (χ4v) is 11.1. The van der Waals surface area contributed by atoms with Gasteiger partial charge >= 0.3 is 123 Å². The third-order valence-corrected chi connectivity index (χ3v) is 12.5. The second-order valence-corrected chi connectivity index (χ2v) is 13.0. The Morgan fingerprint density at radius 2 is 0.632 bits per heavy atom. The van der Waals surface area contributed by atoms with Crippen molar-refractivity contribution in [3.8, 4) is 0 Å². The van der Waals surface area contributed by atoms with Crippen LogP contribution in [0.15, 0.2) is 91.0 Å². The molecule has 0 saturated heterocycles. The van der Waals surface area contributed by atoms with Crippen LogP contribution in [0.1, 0.15) is 0 Å². The van der Waals surface area contributed by atoms with E-state index in [0.717, 1.165) is 0 Å². The van der Waals surface area contributed by atoms with Crippen molar-refractivity contribution in [3.05, 3.63) is 91.0 Å². The Balaban J connectivity index is 2.12. The molecule has 0 atom stereocenters. The molecule has 3 rings (SSSR count). The number of benzene rings is 3. The van der Waals surface area contributed by atoms with Gasteiger partial charge in [-0.3, -0.25) is 0 Å². The van der Waals surface area contributed by atoms with E-state index < -0.39 is 21.8 Å². The summed E-state index contributed by atoms with van der Waals surface area (Å²) in [4.78, 5) is 0. The van der Waals surface area contributed by atoms with E-state index in [1.54, 1.807) is 0 Å². The van der Waals surface area contributed by atoms with Crippen molar-refractivity contribution in [1.29, 1.82) is 0 Å². The summed E-state index contributed by atoms with van der Waals surface area (Å²) in [5.41, 5.74) is 0. The van der Waals surface area contributed by atoms with Crippen LogP contribution < -0.4 is 9.81 Å². The molecule has 0 fully saturated rings. The average molecular weight is 439 g/mol. The van der Waals surface area contributed by atoms with Crippen LogP contribution in [-0.2, 0) is 0 Å². The molecular formula is C18H15Bi. The average Bonchev–Trinajstić information content (AvgIpc) is 2.51. The Morgan fingerprint density at radius 1 is 0.368 bits per heavy atom. The maximum atomic E-state index is 2.29. The number of hydrogen-bond acceptors (Lipinski definition) is 0. The zero-order valence-corrected chi connectivity index (χ0v) is 14.1. The SMILES string of the molecule is c1cc[c]([208Bi]([c]2ccccc2)[c]2ccccc2)cc1. The van der Waals surface area contributed by atoms with Gasteiger partial charge in [-0.25, -0.2) is 0 Å². The molecule has 0 unspecified atom stereocenters. The monoisotopic (exact) mass is 439 g/mol. The van der Waals surface area contributed by atoms with Crippen LogP contribution in [0.5, 0.6) is 0 Å². The molecule has 0 aliphatic heterocycles. The molecule has 0 amide bonds. The first-order valence-electron chi connectivity index (χ1n) is 6.40. The minimum absolute atomic E-state index is 1.54. The molecule has 0 heterocycles. The van der Waals surface area contributed by atoms with Gasteiger partial charge < -0.3 is 0 Å². The summed E-state index contributed by atoms with van der Waals surface area (Å²) in [6.45, 7) is 0. The fourth-order valence-electron chi connectivity index (χ4n) is 2.18. The van der Waals surface area contributed by atoms with Crippen LogP contribution >= 0.6 is 0 Å². The van der Waals surface area contributed by atoms with Crippen molar-refractivity contribution in [3.63, 3.8) is 0 Å². The zero-order chi connectivity index (χ0) is 12.9. The van der Waals surface area contributed by atoms with Crippen molar-refractivity contribution in [1.82, 2.24) is 0 Å². The molecule has 0 saturated carbocycles. The van der Waals surface area contributed by atoms with Gasteiger partial charge in [0.2, 0.25) is 0 Å². The topological polar surface area (TPSA) is 0 Å². The Morgan fingerprint density at radius 3 is 0.895 bits per heavy atom. The predicted octanol–water partition coefficient (Wildman–Crippen LogP) is 2.20. The normalized spacial score (nSPS) is 10.6. The van der Waals surface area contributed by atoms with E-state index in [-0.39, 0.29) is 0 Å². The molecule has 3 aromatic carbocycles. The summed E-state index contributed by atoms with van der Waals surface area (Å²) in [7, 11) is 0. The quantitative estimate of drug-likeness (QED) is 0.550. The number of hydrogen-bond donors (Lipinski definition) is 0. The van der Waals surface area contributed by atoms with Crippen molar-refractivity contribution >= 4 is 31.6 Å². The van der Waals surface area contributed by atoms with E-state index >= 15 is 0 Å². The van der Waals surface area contributed by atoms with Gasteiger partial charge in [0.05, 0.1) is 0 Å². The van der Waals surface area contributed by atoms with Gasteiger partial charge in [0, 0.05) is 0 Å². The number of rotatable bonds is 3. The molecule has 92 valence electrons. The Hall–Kier alpha value is -1.46. The third-order valence-electron chi connectivity index (χ3n) is 3.04. The molecule has 0 bridgehead atoms. The van der Waals surface area contributed by atoms with E-state index in [1.807, 2.05) is 0 Å². The molecule has 0 nitrogen and oxygen atoms in total. The van der Waals surface area contributed by atoms with Crippen molar-refractivity contribution in [2.45, 2.75) is 0 Å². The van der Waals surface area contributed by atoms with Crippen LogP contribution in [0.4, 0.5) is 0 Å². The van der Waals surface area contributed by atoms with E-state index in [1.165, 1.54) is 9.81 Å². The van der Waals surface area contributed by atoms with Gasteiger partial charge in [-0.1, -0.05) is 0 Å². The van der Waals surface area contributed by atoms with Gasteiger partial charge in [0.1, 0.15) is 0 Å². The predicted molar refractivity (Wildman–Crippen MR) is 84.0 cm³/mol. The minimum atomic E-state index is -2.06. The first kappa shape index (κ1) is 12.6. The molecule has 0 N–H and O–H groups in total. The first-order chi connectivity index (χ1) is 9.45. The second-order valence-electron chi connectivity index (χ2n) is 4.34. The van der Waals surface area contributed by atoms with Crippen molar-refractivity contribution in [2.24, 2.45) is 0 Å². The molecule has 0 spiro atoms. The molecule has 0 radical (unpaired) electrons. The van der Waals surface area contributed by atoms with E-state index in [9.17, 15) is 0 Å². The summed E-state index contributed by atoms with van der Waals surface area (Å²) >= 11 is -2.06. The molecule has 3 aromatic rings. The van der Waals surface area contributed by atoms with E-state index in [4.69, 9.17) is 0 Å².